The molecule has 20 heavy (non-hydrogen) atoms. The number of aromatic nitrogens is 1. The number of carbonyl (C=O) groups excluding carboxylic acids is 2. The van der Waals surface area contributed by atoms with Crippen molar-refractivity contribution >= 4 is 11.8 Å². The average molecular weight is 278 g/mol. The molecule has 1 aliphatic rings. The van der Waals surface area contributed by atoms with E-state index in [1.165, 1.54) is 0 Å². The maximum absolute atomic E-state index is 11.7. The molecule has 0 radical (unpaired) electrons. The Bertz CT molecular complexity index is 444. The number of aromatic amines is 1. The lowest BCUT2D eigenvalue weighted by Crippen LogP contribution is -2.42. The van der Waals surface area contributed by atoms with Crippen LogP contribution in [0.25, 0.3) is 0 Å². The van der Waals surface area contributed by atoms with Gasteiger partial charge >= 0.3 is 0 Å². The summed E-state index contributed by atoms with van der Waals surface area (Å²) in [7, 11) is 0. The number of nitrogens with two attached hydrogens (primary N) is 1. The van der Waals surface area contributed by atoms with Crippen molar-refractivity contribution in [2.45, 2.75) is 19.3 Å². The number of amides is 2. The standard InChI is InChI=1S/C14H22N4O2/c15-13(19)12-3-1-7-18(10-12)8-2-5-17-14(20)11-4-6-16-9-11/h4,6,9,12,16H,1-3,5,7-8,10H2,(H2,15,19)(H,17,20)/t12-/m0/s1. The lowest BCUT2D eigenvalue weighted by atomic mass is 9.97. The van der Waals surface area contributed by atoms with E-state index in [9.17, 15) is 9.59 Å². The molecule has 1 fully saturated rings. The zero-order chi connectivity index (χ0) is 14.4. The average Bonchev–Trinajstić information content (AvgIpc) is 2.98. The van der Waals surface area contributed by atoms with E-state index in [1.54, 1.807) is 18.5 Å². The Morgan fingerprint density at radius 3 is 3.05 bits per heavy atom. The first-order chi connectivity index (χ1) is 9.66. The number of piperidine rings is 1. The van der Waals surface area contributed by atoms with Crippen LogP contribution >= 0.6 is 0 Å². The summed E-state index contributed by atoms with van der Waals surface area (Å²) in [6, 6.07) is 1.75. The summed E-state index contributed by atoms with van der Waals surface area (Å²) in [5.41, 5.74) is 6.00. The van der Waals surface area contributed by atoms with Gasteiger partial charge in [-0.05, 0) is 38.4 Å². The Morgan fingerprint density at radius 1 is 1.50 bits per heavy atom. The number of nitrogens with zero attached hydrogens (tertiary/aromatic N) is 1. The summed E-state index contributed by atoms with van der Waals surface area (Å²) < 4.78 is 0. The Labute approximate surface area is 118 Å². The lowest BCUT2D eigenvalue weighted by Gasteiger charge is -2.31. The van der Waals surface area contributed by atoms with E-state index in [-0.39, 0.29) is 17.7 Å². The van der Waals surface area contributed by atoms with Crippen LogP contribution in [-0.4, -0.2) is 47.9 Å². The molecule has 0 unspecified atom stereocenters. The molecular formula is C14H22N4O2. The van der Waals surface area contributed by atoms with E-state index >= 15 is 0 Å². The second kappa shape index (κ2) is 7.09. The quantitative estimate of drug-likeness (QED) is 0.655. The largest absolute Gasteiger partial charge is 0.369 e. The lowest BCUT2D eigenvalue weighted by molar-refractivity contribution is -0.123. The molecule has 1 aromatic rings. The molecule has 2 amide bonds. The van der Waals surface area contributed by atoms with Crippen LogP contribution in [0.4, 0.5) is 0 Å². The van der Waals surface area contributed by atoms with Crippen molar-refractivity contribution in [3.05, 3.63) is 24.0 Å². The molecule has 1 atom stereocenters. The van der Waals surface area contributed by atoms with Gasteiger partial charge in [0.2, 0.25) is 5.91 Å². The van der Waals surface area contributed by atoms with Crippen LogP contribution in [0.3, 0.4) is 0 Å². The van der Waals surface area contributed by atoms with E-state index in [1.807, 2.05) is 0 Å². The smallest absolute Gasteiger partial charge is 0.252 e. The molecule has 0 bridgehead atoms. The van der Waals surface area contributed by atoms with Gasteiger partial charge in [-0.15, -0.1) is 0 Å². The van der Waals surface area contributed by atoms with E-state index in [0.29, 0.717) is 12.1 Å². The number of nitrogens with one attached hydrogen (secondary N) is 2. The maximum atomic E-state index is 11.7. The van der Waals surface area contributed by atoms with Gasteiger partial charge in [-0.2, -0.15) is 0 Å². The Balaban J connectivity index is 1.63. The molecule has 1 aliphatic heterocycles. The predicted octanol–water partition coefficient (Wildman–Crippen LogP) is 0.332. The van der Waals surface area contributed by atoms with Crippen LogP contribution in [0.1, 0.15) is 29.6 Å². The van der Waals surface area contributed by atoms with E-state index < -0.39 is 0 Å². The molecule has 0 spiro atoms. The first-order valence-corrected chi connectivity index (χ1v) is 7.09. The van der Waals surface area contributed by atoms with Gasteiger partial charge in [-0.1, -0.05) is 0 Å². The van der Waals surface area contributed by atoms with Crippen LogP contribution in [0.2, 0.25) is 0 Å². The molecule has 0 saturated carbocycles. The molecule has 0 aromatic carbocycles. The predicted molar refractivity (Wildman–Crippen MR) is 76.1 cm³/mol. The zero-order valence-corrected chi connectivity index (χ0v) is 11.6. The van der Waals surface area contributed by atoms with Gasteiger partial charge in [0.1, 0.15) is 0 Å². The molecule has 4 N–H and O–H groups in total. The maximum Gasteiger partial charge on any atom is 0.252 e. The highest BCUT2D eigenvalue weighted by Crippen LogP contribution is 2.15. The number of hydrogen-bond acceptors (Lipinski definition) is 3. The third-order valence-corrected chi connectivity index (χ3v) is 3.70. The van der Waals surface area contributed by atoms with Gasteiger partial charge < -0.3 is 20.9 Å². The van der Waals surface area contributed by atoms with Crippen LogP contribution in [0, 0.1) is 5.92 Å². The highest BCUT2D eigenvalue weighted by atomic mass is 16.2. The van der Waals surface area contributed by atoms with Crippen molar-refractivity contribution in [1.82, 2.24) is 15.2 Å². The molecule has 1 aromatic heterocycles. The molecular weight excluding hydrogens is 256 g/mol. The molecule has 0 aliphatic carbocycles. The first-order valence-electron chi connectivity index (χ1n) is 7.09. The third kappa shape index (κ3) is 4.09. The topological polar surface area (TPSA) is 91.2 Å². The van der Waals surface area contributed by atoms with Gasteiger partial charge in [0.05, 0.1) is 11.5 Å². The van der Waals surface area contributed by atoms with Gasteiger partial charge in [-0.3, -0.25) is 9.59 Å². The van der Waals surface area contributed by atoms with Gasteiger partial charge in [-0.25, -0.2) is 0 Å². The van der Waals surface area contributed by atoms with Crippen molar-refractivity contribution in [1.29, 1.82) is 0 Å². The molecule has 6 nitrogen and oxygen atoms in total. The van der Waals surface area contributed by atoms with Gasteiger partial charge in [0.15, 0.2) is 0 Å². The summed E-state index contributed by atoms with van der Waals surface area (Å²) in [5.74, 6) is -0.270. The van der Waals surface area contributed by atoms with Crippen LogP contribution in [0.5, 0.6) is 0 Å². The highest BCUT2D eigenvalue weighted by Gasteiger charge is 2.23. The number of rotatable bonds is 6. The van der Waals surface area contributed by atoms with E-state index in [0.717, 1.165) is 38.9 Å². The highest BCUT2D eigenvalue weighted by molar-refractivity contribution is 5.93. The Hall–Kier alpha value is -1.82. The fourth-order valence-corrected chi connectivity index (χ4v) is 2.56. The second-order valence-electron chi connectivity index (χ2n) is 5.25. The van der Waals surface area contributed by atoms with Crippen molar-refractivity contribution in [2.24, 2.45) is 11.7 Å². The monoisotopic (exact) mass is 278 g/mol. The first kappa shape index (κ1) is 14.6. The minimum Gasteiger partial charge on any atom is -0.369 e. The summed E-state index contributed by atoms with van der Waals surface area (Å²) >= 11 is 0. The van der Waals surface area contributed by atoms with Crippen LogP contribution in [-0.2, 0) is 4.79 Å². The summed E-state index contributed by atoms with van der Waals surface area (Å²) in [4.78, 5) is 28.0. The fraction of sp³-hybridized carbons (Fsp3) is 0.571. The Kier molecular flexibility index (Phi) is 5.17. The van der Waals surface area contributed by atoms with Crippen molar-refractivity contribution in [3.8, 4) is 0 Å². The SMILES string of the molecule is NC(=O)[C@H]1CCCN(CCCNC(=O)c2cc[nH]c2)C1. The molecule has 110 valence electrons. The van der Waals surface area contributed by atoms with Gasteiger partial charge in [0.25, 0.3) is 5.91 Å². The van der Waals surface area contributed by atoms with Gasteiger partial charge in [0, 0.05) is 25.5 Å². The zero-order valence-electron chi connectivity index (χ0n) is 11.6. The number of carbonyl (C=O) groups is 2. The third-order valence-electron chi connectivity index (χ3n) is 3.70. The minimum absolute atomic E-state index is 0.0156. The molecule has 2 heterocycles. The second-order valence-corrected chi connectivity index (χ2v) is 5.25. The molecule has 1 saturated heterocycles. The fourth-order valence-electron chi connectivity index (χ4n) is 2.56. The molecule has 2 rings (SSSR count). The number of hydrogen-bond donors (Lipinski definition) is 3. The number of likely N-dealkylation sites (tertiary alicyclic amines) is 1. The van der Waals surface area contributed by atoms with Crippen molar-refractivity contribution < 1.29 is 9.59 Å². The van der Waals surface area contributed by atoms with Crippen LogP contribution in [0.15, 0.2) is 18.5 Å². The molecule has 6 heteroatoms. The van der Waals surface area contributed by atoms with E-state index in [2.05, 4.69) is 15.2 Å². The number of H-pyrrole nitrogens is 1. The summed E-state index contributed by atoms with van der Waals surface area (Å²) in [5, 5.41) is 2.88. The minimum atomic E-state index is -0.199. The normalized spacial score (nSPS) is 19.7. The van der Waals surface area contributed by atoms with E-state index in [4.69, 9.17) is 5.73 Å². The summed E-state index contributed by atoms with van der Waals surface area (Å²) in [6.07, 6.45) is 6.20. The number of primary amides is 1. The van der Waals surface area contributed by atoms with Crippen LogP contribution < -0.4 is 11.1 Å². The van der Waals surface area contributed by atoms with Crippen molar-refractivity contribution in [2.75, 3.05) is 26.2 Å². The summed E-state index contributed by atoms with van der Waals surface area (Å²) in [6.45, 7) is 3.29. The van der Waals surface area contributed by atoms with Crippen molar-refractivity contribution in [3.63, 3.8) is 0 Å². The Morgan fingerprint density at radius 2 is 2.35 bits per heavy atom.